The van der Waals surface area contributed by atoms with Crippen molar-refractivity contribution in [2.45, 2.75) is 0 Å². The number of halogens is 1. The first kappa shape index (κ1) is 14.2. The summed E-state index contributed by atoms with van der Waals surface area (Å²) in [6.45, 7) is 0. The topological polar surface area (TPSA) is 124 Å². The van der Waals surface area contributed by atoms with Gasteiger partial charge in [0.25, 0.3) is 0 Å². The SMILES string of the molecule is N/C(=N/O)c1cc(Oc2c(F)cccc2[N+](=O)[O-])ccn1. The maximum atomic E-state index is 13.7. The molecule has 9 heteroatoms. The lowest BCUT2D eigenvalue weighted by atomic mass is 10.2. The maximum Gasteiger partial charge on any atom is 0.314 e. The number of amidine groups is 1. The zero-order valence-corrected chi connectivity index (χ0v) is 10.4. The lowest BCUT2D eigenvalue weighted by Gasteiger charge is -2.08. The lowest BCUT2D eigenvalue weighted by molar-refractivity contribution is -0.385. The number of para-hydroxylation sites is 1. The molecule has 0 aliphatic heterocycles. The molecule has 0 fully saturated rings. The van der Waals surface area contributed by atoms with Gasteiger partial charge in [0.05, 0.1) is 4.92 Å². The molecule has 108 valence electrons. The highest BCUT2D eigenvalue weighted by atomic mass is 19.1. The number of nitrogens with two attached hydrogens (primary N) is 1. The van der Waals surface area contributed by atoms with Crippen LogP contribution in [0.1, 0.15) is 5.69 Å². The van der Waals surface area contributed by atoms with Crippen molar-refractivity contribution in [3.05, 3.63) is 58.2 Å². The van der Waals surface area contributed by atoms with Gasteiger partial charge in [-0.25, -0.2) is 4.39 Å². The van der Waals surface area contributed by atoms with E-state index in [4.69, 9.17) is 15.7 Å². The predicted molar refractivity (Wildman–Crippen MR) is 69.9 cm³/mol. The molecule has 0 unspecified atom stereocenters. The van der Waals surface area contributed by atoms with Crippen LogP contribution in [-0.4, -0.2) is 21.0 Å². The predicted octanol–water partition coefficient (Wildman–Crippen LogP) is 2.02. The van der Waals surface area contributed by atoms with Crippen LogP contribution in [0.4, 0.5) is 10.1 Å². The number of benzene rings is 1. The van der Waals surface area contributed by atoms with Gasteiger partial charge in [-0.15, -0.1) is 0 Å². The van der Waals surface area contributed by atoms with E-state index in [0.717, 1.165) is 12.1 Å². The minimum Gasteiger partial charge on any atom is -0.447 e. The molecule has 0 saturated carbocycles. The molecule has 8 nitrogen and oxygen atoms in total. The van der Waals surface area contributed by atoms with Crippen LogP contribution in [0.3, 0.4) is 0 Å². The van der Waals surface area contributed by atoms with Crippen molar-refractivity contribution in [3.63, 3.8) is 0 Å². The van der Waals surface area contributed by atoms with Gasteiger partial charge in [0.1, 0.15) is 11.4 Å². The number of nitrogens with zero attached hydrogens (tertiary/aromatic N) is 3. The van der Waals surface area contributed by atoms with E-state index >= 15 is 0 Å². The van der Waals surface area contributed by atoms with E-state index in [9.17, 15) is 14.5 Å². The number of oxime groups is 1. The minimum absolute atomic E-state index is 0.0554. The molecule has 21 heavy (non-hydrogen) atoms. The lowest BCUT2D eigenvalue weighted by Crippen LogP contribution is -2.14. The zero-order chi connectivity index (χ0) is 15.4. The molecule has 0 radical (unpaired) electrons. The van der Waals surface area contributed by atoms with E-state index in [0.29, 0.717) is 0 Å². The fourth-order valence-corrected chi connectivity index (χ4v) is 1.53. The van der Waals surface area contributed by atoms with Crippen molar-refractivity contribution < 1.29 is 19.3 Å². The Bertz CT molecular complexity index is 720. The van der Waals surface area contributed by atoms with Crippen molar-refractivity contribution in [2.24, 2.45) is 10.9 Å². The van der Waals surface area contributed by atoms with E-state index in [1.165, 1.54) is 24.4 Å². The van der Waals surface area contributed by atoms with Crippen LogP contribution in [0.25, 0.3) is 0 Å². The molecule has 0 bridgehead atoms. The summed E-state index contributed by atoms with van der Waals surface area (Å²) in [6.07, 6.45) is 1.27. The second-order valence-electron chi connectivity index (χ2n) is 3.81. The first-order valence-corrected chi connectivity index (χ1v) is 5.57. The monoisotopic (exact) mass is 292 g/mol. The Hall–Kier alpha value is -3.23. The molecular weight excluding hydrogens is 283 g/mol. The number of hydrogen-bond donors (Lipinski definition) is 2. The highest BCUT2D eigenvalue weighted by Crippen LogP contribution is 2.33. The summed E-state index contributed by atoms with van der Waals surface area (Å²) in [4.78, 5) is 13.9. The van der Waals surface area contributed by atoms with Gasteiger partial charge < -0.3 is 15.7 Å². The first-order valence-electron chi connectivity index (χ1n) is 5.57. The van der Waals surface area contributed by atoms with E-state index < -0.39 is 22.2 Å². The second-order valence-corrected chi connectivity index (χ2v) is 3.81. The van der Waals surface area contributed by atoms with E-state index in [1.807, 2.05) is 0 Å². The third-order valence-corrected chi connectivity index (χ3v) is 2.46. The summed E-state index contributed by atoms with van der Waals surface area (Å²) >= 11 is 0. The molecule has 1 heterocycles. The Labute approximate surface area is 117 Å². The number of hydrogen-bond acceptors (Lipinski definition) is 6. The van der Waals surface area contributed by atoms with Crippen molar-refractivity contribution >= 4 is 11.5 Å². The zero-order valence-electron chi connectivity index (χ0n) is 10.4. The summed E-state index contributed by atoms with van der Waals surface area (Å²) in [6, 6.07) is 5.96. The highest BCUT2D eigenvalue weighted by molar-refractivity contribution is 5.95. The Morgan fingerprint density at radius 2 is 2.24 bits per heavy atom. The average Bonchev–Trinajstić information content (AvgIpc) is 2.48. The fraction of sp³-hybridized carbons (Fsp3) is 0. The number of ether oxygens (including phenoxy) is 1. The Balaban J connectivity index is 2.41. The maximum absolute atomic E-state index is 13.7. The van der Waals surface area contributed by atoms with E-state index in [-0.39, 0.29) is 17.3 Å². The average molecular weight is 292 g/mol. The summed E-state index contributed by atoms with van der Waals surface area (Å²) in [5, 5.41) is 22.2. The van der Waals surface area contributed by atoms with Crippen molar-refractivity contribution in [3.8, 4) is 11.5 Å². The molecule has 0 amide bonds. The molecule has 2 rings (SSSR count). The molecule has 0 atom stereocenters. The summed E-state index contributed by atoms with van der Waals surface area (Å²) in [7, 11) is 0. The Morgan fingerprint density at radius 1 is 1.48 bits per heavy atom. The smallest absolute Gasteiger partial charge is 0.314 e. The molecule has 2 aromatic rings. The van der Waals surface area contributed by atoms with Crippen LogP contribution in [0.2, 0.25) is 0 Å². The first-order chi connectivity index (χ1) is 10.0. The Kier molecular flexibility index (Phi) is 3.93. The van der Waals surface area contributed by atoms with Crippen LogP contribution in [0, 0.1) is 15.9 Å². The molecular formula is C12H9FN4O4. The summed E-state index contributed by atoms with van der Waals surface area (Å²) < 4.78 is 18.9. The number of pyridine rings is 1. The third kappa shape index (κ3) is 3.03. The van der Waals surface area contributed by atoms with Gasteiger partial charge in [-0.3, -0.25) is 15.1 Å². The van der Waals surface area contributed by atoms with E-state index in [2.05, 4.69) is 10.1 Å². The normalized spacial score (nSPS) is 11.2. The number of aromatic nitrogens is 1. The van der Waals surface area contributed by atoms with Crippen LogP contribution < -0.4 is 10.5 Å². The second kappa shape index (κ2) is 5.82. The molecule has 0 spiro atoms. The number of rotatable bonds is 4. The van der Waals surface area contributed by atoms with Gasteiger partial charge in [-0.1, -0.05) is 11.2 Å². The summed E-state index contributed by atoms with van der Waals surface area (Å²) in [5.74, 6) is -1.63. The van der Waals surface area contributed by atoms with Crippen molar-refractivity contribution in [1.82, 2.24) is 4.98 Å². The third-order valence-electron chi connectivity index (χ3n) is 2.46. The highest BCUT2D eigenvalue weighted by Gasteiger charge is 2.20. The Morgan fingerprint density at radius 3 is 2.90 bits per heavy atom. The summed E-state index contributed by atoms with van der Waals surface area (Å²) in [5.41, 5.74) is 4.93. The molecule has 1 aromatic carbocycles. The van der Waals surface area contributed by atoms with Gasteiger partial charge in [0, 0.05) is 18.3 Å². The quantitative estimate of drug-likeness (QED) is 0.292. The van der Waals surface area contributed by atoms with Gasteiger partial charge >= 0.3 is 5.69 Å². The van der Waals surface area contributed by atoms with Crippen molar-refractivity contribution in [2.75, 3.05) is 0 Å². The van der Waals surface area contributed by atoms with Crippen LogP contribution >= 0.6 is 0 Å². The van der Waals surface area contributed by atoms with Gasteiger partial charge in [-0.2, -0.15) is 0 Å². The molecule has 0 aliphatic rings. The molecule has 1 aromatic heterocycles. The molecule has 0 aliphatic carbocycles. The standard InChI is InChI=1S/C12H9FN4O4/c13-8-2-1-3-10(17(19)20)11(8)21-7-4-5-15-9(6-7)12(14)16-18/h1-6,18H,(H2,14,16). The van der Waals surface area contributed by atoms with Crippen LogP contribution in [0.5, 0.6) is 11.5 Å². The molecule has 3 N–H and O–H groups in total. The molecule has 0 saturated heterocycles. The largest absolute Gasteiger partial charge is 0.447 e. The minimum atomic E-state index is -0.883. The van der Waals surface area contributed by atoms with Gasteiger partial charge in [-0.05, 0) is 12.1 Å². The number of nitro benzene ring substituents is 1. The van der Waals surface area contributed by atoms with Gasteiger partial charge in [0.2, 0.25) is 5.75 Å². The van der Waals surface area contributed by atoms with Crippen LogP contribution in [-0.2, 0) is 0 Å². The van der Waals surface area contributed by atoms with E-state index in [1.54, 1.807) is 0 Å². The van der Waals surface area contributed by atoms with Crippen molar-refractivity contribution in [1.29, 1.82) is 0 Å². The van der Waals surface area contributed by atoms with Gasteiger partial charge in [0.15, 0.2) is 11.7 Å². The van der Waals surface area contributed by atoms with Crippen LogP contribution in [0.15, 0.2) is 41.7 Å². The fourth-order valence-electron chi connectivity index (χ4n) is 1.53. The number of nitro groups is 1.